The third-order valence-corrected chi connectivity index (χ3v) is 4.60. The summed E-state index contributed by atoms with van der Waals surface area (Å²) in [7, 11) is 2.05. The number of benzene rings is 1. The lowest BCUT2D eigenvalue weighted by Crippen LogP contribution is -2.42. The van der Waals surface area contributed by atoms with Crippen LogP contribution >= 0.6 is 0 Å². The van der Waals surface area contributed by atoms with E-state index in [9.17, 15) is 14.0 Å². The molecular weight excluding hydrogens is 323 g/mol. The lowest BCUT2D eigenvalue weighted by atomic mass is 10.1. The van der Waals surface area contributed by atoms with Gasteiger partial charge in [-0.1, -0.05) is 12.1 Å². The number of nitrogens with zero attached hydrogens (tertiary/aromatic N) is 4. The van der Waals surface area contributed by atoms with Gasteiger partial charge in [0.2, 0.25) is 5.91 Å². The molecule has 1 saturated heterocycles. The largest absolute Gasteiger partial charge is 0.336 e. The average Bonchev–Trinajstić information content (AvgIpc) is 2.83. The van der Waals surface area contributed by atoms with E-state index in [1.807, 2.05) is 4.90 Å². The van der Waals surface area contributed by atoms with Crippen LogP contribution in [0.5, 0.6) is 0 Å². The van der Waals surface area contributed by atoms with Crippen LogP contribution in [0.3, 0.4) is 0 Å². The van der Waals surface area contributed by atoms with Crippen LogP contribution < -0.4 is 0 Å². The first-order chi connectivity index (χ1) is 12.0. The molecular formula is C18H23FN4O2. The highest BCUT2D eigenvalue weighted by molar-refractivity contribution is 6.39. The predicted molar refractivity (Wildman–Crippen MR) is 92.3 cm³/mol. The maximum atomic E-state index is 13.0. The predicted octanol–water partition coefficient (Wildman–Crippen LogP) is 1.47. The Morgan fingerprint density at radius 3 is 2.64 bits per heavy atom. The minimum absolute atomic E-state index is 0.0769. The zero-order valence-electron chi connectivity index (χ0n) is 14.4. The molecule has 6 nitrogen and oxygen atoms in total. The number of hydrogen-bond donors (Lipinski definition) is 0. The summed E-state index contributed by atoms with van der Waals surface area (Å²) in [5.74, 6) is -0.511. The second-order valence-corrected chi connectivity index (χ2v) is 6.57. The molecule has 2 aliphatic heterocycles. The molecule has 25 heavy (non-hydrogen) atoms. The Morgan fingerprint density at radius 1 is 1.12 bits per heavy atom. The van der Waals surface area contributed by atoms with Crippen LogP contribution in [0.2, 0.25) is 0 Å². The zero-order valence-corrected chi connectivity index (χ0v) is 14.4. The normalized spacial score (nSPS) is 19.6. The van der Waals surface area contributed by atoms with Crippen molar-refractivity contribution in [3.63, 3.8) is 0 Å². The summed E-state index contributed by atoms with van der Waals surface area (Å²) >= 11 is 0. The zero-order chi connectivity index (χ0) is 17.8. The number of carbonyl (C=O) groups is 2. The van der Waals surface area contributed by atoms with Gasteiger partial charge in [-0.25, -0.2) is 9.40 Å². The molecule has 0 aliphatic carbocycles. The van der Waals surface area contributed by atoms with Gasteiger partial charge in [0.15, 0.2) is 0 Å². The van der Waals surface area contributed by atoms with Crippen molar-refractivity contribution in [1.29, 1.82) is 0 Å². The summed E-state index contributed by atoms with van der Waals surface area (Å²) < 4.78 is 13.0. The van der Waals surface area contributed by atoms with Crippen LogP contribution in [0, 0.1) is 5.82 Å². The molecule has 0 aromatic heterocycles. The van der Waals surface area contributed by atoms with Crippen molar-refractivity contribution in [3.8, 4) is 0 Å². The van der Waals surface area contributed by atoms with Gasteiger partial charge in [0.05, 0.1) is 6.54 Å². The van der Waals surface area contributed by atoms with Gasteiger partial charge >= 0.3 is 0 Å². The number of hydrogen-bond acceptors (Lipinski definition) is 4. The number of rotatable bonds is 3. The standard InChI is InChI=1S/C18H23FN4O2/c1-21-9-2-10-22(12-11-21)18(25)16-7-8-17(24)23(20-16)13-14-3-5-15(19)6-4-14/h3-6H,2,7-13H2,1H3. The van der Waals surface area contributed by atoms with Crippen molar-refractivity contribution in [2.45, 2.75) is 25.8 Å². The first kappa shape index (κ1) is 17.5. The Morgan fingerprint density at radius 2 is 1.88 bits per heavy atom. The first-order valence-electron chi connectivity index (χ1n) is 8.63. The monoisotopic (exact) mass is 346 g/mol. The Kier molecular flexibility index (Phi) is 5.43. The van der Waals surface area contributed by atoms with Crippen molar-refractivity contribution in [2.75, 3.05) is 33.2 Å². The highest BCUT2D eigenvalue weighted by Gasteiger charge is 2.28. The Balaban J connectivity index is 1.71. The lowest BCUT2D eigenvalue weighted by molar-refractivity contribution is -0.132. The van der Waals surface area contributed by atoms with Gasteiger partial charge in [-0.3, -0.25) is 9.59 Å². The molecule has 0 unspecified atom stereocenters. The van der Waals surface area contributed by atoms with Crippen LogP contribution in [0.15, 0.2) is 29.4 Å². The molecule has 7 heteroatoms. The van der Waals surface area contributed by atoms with E-state index < -0.39 is 0 Å². The Hall–Kier alpha value is -2.28. The average molecular weight is 346 g/mol. The molecule has 2 aliphatic rings. The van der Waals surface area contributed by atoms with Crippen LogP contribution in [-0.2, 0) is 16.1 Å². The van der Waals surface area contributed by atoms with Gasteiger partial charge in [0.25, 0.3) is 5.91 Å². The van der Waals surface area contributed by atoms with Crippen LogP contribution in [0.25, 0.3) is 0 Å². The lowest BCUT2D eigenvalue weighted by Gasteiger charge is -2.26. The van der Waals surface area contributed by atoms with Crippen molar-refractivity contribution >= 4 is 17.5 Å². The van der Waals surface area contributed by atoms with Crippen LogP contribution in [0.1, 0.15) is 24.8 Å². The quantitative estimate of drug-likeness (QED) is 0.833. The molecule has 0 saturated carbocycles. The number of likely N-dealkylation sites (N-methyl/N-ethyl adjacent to an activating group) is 1. The van der Waals surface area contributed by atoms with Crippen molar-refractivity contribution in [1.82, 2.24) is 14.8 Å². The summed E-state index contributed by atoms with van der Waals surface area (Å²) in [6.07, 6.45) is 1.59. The number of carbonyl (C=O) groups excluding carboxylic acids is 2. The van der Waals surface area contributed by atoms with Gasteiger partial charge in [0.1, 0.15) is 11.5 Å². The van der Waals surface area contributed by atoms with Gasteiger partial charge < -0.3 is 9.80 Å². The molecule has 1 fully saturated rings. The number of halogens is 1. The minimum Gasteiger partial charge on any atom is -0.336 e. The van der Waals surface area contributed by atoms with Crippen molar-refractivity contribution < 1.29 is 14.0 Å². The Labute approximate surface area is 146 Å². The SMILES string of the molecule is CN1CCCN(C(=O)C2=NN(Cc3ccc(F)cc3)C(=O)CC2)CC1. The van der Waals surface area contributed by atoms with Crippen molar-refractivity contribution in [2.24, 2.45) is 5.10 Å². The van der Waals surface area contributed by atoms with Crippen molar-refractivity contribution in [3.05, 3.63) is 35.6 Å². The van der Waals surface area contributed by atoms with Crippen LogP contribution in [-0.4, -0.2) is 65.6 Å². The maximum absolute atomic E-state index is 13.0. The second kappa shape index (κ2) is 7.74. The fourth-order valence-electron chi connectivity index (χ4n) is 3.07. The first-order valence-corrected chi connectivity index (χ1v) is 8.63. The molecule has 1 aromatic carbocycles. The van der Waals surface area contributed by atoms with E-state index in [-0.39, 0.29) is 30.6 Å². The van der Waals surface area contributed by atoms with Crippen LogP contribution in [0.4, 0.5) is 4.39 Å². The maximum Gasteiger partial charge on any atom is 0.270 e. The van der Waals surface area contributed by atoms with E-state index in [2.05, 4.69) is 17.0 Å². The molecule has 0 atom stereocenters. The molecule has 3 rings (SSSR count). The van der Waals surface area contributed by atoms with E-state index in [1.54, 1.807) is 12.1 Å². The summed E-state index contributed by atoms with van der Waals surface area (Å²) in [6.45, 7) is 3.47. The van der Waals surface area contributed by atoms with E-state index >= 15 is 0 Å². The topological polar surface area (TPSA) is 56.2 Å². The molecule has 0 spiro atoms. The Bertz CT molecular complexity index is 674. The fraction of sp³-hybridized carbons (Fsp3) is 0.500. The van der Waals surface area contributed by atoms with E-state index in [0.717, 1.165) is 25.1 Å². The summed E-state index contributed by atoms with van der Waals surface area (Å²) in [6, 6.07) is 5.96. The second-order valence-electron chi connectivity index (χ2n) is 6.57. The number of hydrazone groups is 1. The fourth-order valence-corrected chi connectivity index (χ4v) is 3.07. The minimum atomic E-state index is -0.320. The van der Waals surface area contributed by atoms with Gasteiger partial charge in [-0.2, -0.15) is 5.10 Å². The third-order valence-electron chi connectivity index (χ3n) is 4.60. The summed E-state index contributed by atoms with van der Waals surface area (Å²) in [5.41, 5.74) is 1.22. The molecule has 0 N–H and O–H groups in total. The highest BCUT2D eigenvalue weighted by atomic mass is 19.1. The molecule has 2 amide bonds. The van der Waals surface area contributed by atoms with Gasteiger partial charge in [-0.05, 0) is 37.7 Å². The molecule has 0 bridgehead atoms. The van der Waals surface area contributed by atoms with E-state index in [1.165, 1.54) is 17.1 Å². The third kappa shape index (κ3) is 4.42. The van der Waals surface area contributed by atoms with E-state index in [0.29, 0.717) is 25.2 Å². The summed E-state index contributed by atoms with van der Waals surface area (Å²) in [4.78, 5) is 28.9. The smallest absolute Gasteiger partial charge is 0.270 e. The van der Waals surface area contributed by atoms with Gasteiger partial charge in [-0.15, -0.1) is 0 Å². The molecule has 2 heterocycles. The van der Waals surface area contributed by atoms with Gasteiger partial charge in [0, 0.05) is 32.5 Å². The molecule has 0 radical (unpaired) electrons. The number of amides is 2. The van der Waals surface area contributed by atoms with E-state index in [4.69, 9.17) is 0 Å². The molecule has 134 valence electrons. The summed E-state index contributed by atoms with van der Waals surface area (Å²) in [5, 5.41) is 5.63. The molecule has 1 aromatic rings. The highest BCUT2D eigenvalue weighted by Crippen LogP contribution is 2.16.